The summed E-state index contributed by atoms with van der Waals surface area (Å²) in [6.07, 6.45) is 5.72. The zero-order valence-corrected chi connectivity index (χ0v) is 24.6. The minimum absolute atomic E-state index is 0.0539. The molecule has 0 atom stereocenters. The Bertz CT molecular complexity index is 1950. The van der Waals surface area contributed by atoms with Gasteiger partial charge >= 0.3 is 6.03 Å². The molecule has 1 saturated heterocycles. The molecule has 0 unspecified atom stereocenters. The Labute approximate surface area is 256 Å². The maximum Gasteiger partial charge on any atom is 0.331 e. The number of nitrogens with one attached hydrogen (secondary N) is 1. The lowest BCUT2D eigenvalue weighted by Gasteiger charge is -2.29. The number of para-hydroxylation sites is 1. The van der Waals surface area contributed by atoms with Gasteiger partial charge in [0.1, 0.15) is 32.8 Å². The van der Waals surface area contributed by atoms with Gasteiger partial charge < -0.3 is 15.0 Å². The number of allylic oxidation sites excluding steroid dienone is 1. The summed E-state index contributed by atoms with van der Waals surface area (Å²) in [6, 6.07) is 18.3. The second-order valence-electron chi connectivity index (χ2n) is 10.9. The molecule has 0 bridgehead atoms. The fraction of sp³-hybridized carbons (Fsp3) is 0.212. The number of benzene rings is 2. The first-order valence-corrected chi connectivity index (χ1v) is 15.1. The SMILES string of the molecule is Cc1cc(Oc2ccccc2)ccc1N1C(=O)Nc2c(C(=O)N3CCC(=NC(=O)/C(C#N)=C/C4CC4)C3)sc3nccc1c23. The van der Waals surface area contributed by atoms with Crippen LogP contribution in [0.2, 0.25) is 0 Å². The molecule has 10 nitrogen and oxygen atoms in total. The average Bonchev–Trinajstić information content (AvgIpc) is 3.60. The Morgan fingerprint density at radius 1 is 1.14 bits per heavy atom. The molecule has 2 aromatic carbocycles. The van der Waals surface area contributed by atoms with E-state index in [-0.39, 0.29) is 23.9 Å². The molecule has 2 fully saturated rings. The molecule has 0 spiro atoms. The molecular formula is C33H26N6O4S. The second-order valence-corrected chi connectivity index (χ2v) is 11.9. The summed E-state index contributed by atoms with van der Waals surface area (Å²) in [5.74, 6) is 0.815. The quantitative estimate of drug-likeness (QED) is 0.192. The van der Waals surface area contributed by atoms with E-state index in [1.807, 2.05) is 61.5 Å². The lowest BCUT2D eigenvalue weighted by molar-refractivity contribution is -0.114. The highest BCUT2D eigenvalue weighted by Gasteiger charge is 2.35. The summed E-state index contributed by atoms with van der Waals surface area (Å²) < 4.78 is 5.97. The fourth-order valence-corrected chi connectivity index (χ4v) is 6.54. The number of carbonyl (C=O) groups is 3. The summed E-state index contributed by atoms with van der Waals surface area (Å²) in [7, 11) is 0. The highest BCUT2D eigenvalue weighted by molar-refractivity contribution is 7.21. The van der Waals surface area contributed by atoms with Gasteiger partial charge in [-0.05, 0) is 67.6 Å². The third kappa shape index (κ3) is 5.09. The van der Waals surface area contributed by atoms with E-state index in [0.717, 1.165) is 18.4 Å². The number of urea groups is 1. The maximum absolute atomic E-state index is 13.7. The number of nitrogens with zero attached hydrogens (tertiary/aromatic N) is 5. The van der Waals surface area contributed by atoms with Crippen LogP contribution in [0.4, 0.5) is 21.9 Å². The molecule has 2 aromatic heterocycles. The number of hydrogen-bond acceptors (Lipinski definition) is 7. The van der Waals surface area contributed by atoms with Crippen LogP contribution in [0.1, 0.15) is 34.5 Å². The predicted octanol–water partition coefficient (Wildman–Crippen LogP) is 6.75. The third-order valence-corrected chi connectivity index (χ3v) is 8.88. The van der Waals surface area contributed by atoms with Crippen molar-refractivity contribution in [3.05, 3.63) is 82.9 Å². The van der Waals surface area contributed by atoms with Gasteiger partial charge in [-0.3, -0.25) is 14.5 Å². The number of aryl methyl sites for hydroxylation is 1. The monoisotopic (exact) mass is 602 g/mol. The van der Waals surface area contributed by atoms with Gasteiger partial charge in [0.05, 0.1) is 29.0 Å². The van der Waals surface area contributed by atoms with Crippen molar-refractivity contribution in [2.45, 2.75) is 26.2 Å². The molecule has 0 radical (unpaired) electrons. The summed E-state index contributed by atoms with van der Waals surface area (Å²) in [5, 5.41) is 13.0. The number of thiophene rings is 1. The first-order valence-electron chi connectivity index (χ1n) is 14.3. The van der Waals surface area contributed by atoms with E-state index in [1.165, 1.54) is 11.3 Å². The number of ether oxygens (including phenoxy) is 1. The first-order chi connectivity index (χ1) is 21.4. The number of aromatic nitrogens is 1. The number of carbonyl (C=O) groups excluding carboxylic acids is 3. The van der Waals surface area contributed by atoms with Crippen LogP contribution in [0.15, 0.2) is 77.4 Å². The highest BCUT2D eigenvalue weighted by atomic mass is 32.1. The fourth-order valence-electron chi connectivity index (χ4n) is 5.45. The molecule has 1 aliphatic carbocycles. The van der Waals surface area contributed by atoms with Gasteiger partial charge in [0.2, 0.25) is 0 Å². The normalized spacial score (nSPS) is 17.1. The van der Waals surface area contributed by atoms with Crippen LogP contribution in [0.5, 0.6) is 11.5 Å². The Morgan fingerprint density at radius 3 is 2.70 bits per heavy atom. The Morgan fingerprint density at radius 2 is 1.95 bits per heavy atom. The number of amides is 4. The number of hydrogen-bond donors (Lipinski definition) is 1. The molecule has 218 valence electrons. The zero-order valence-electron chi connectivity index (χ0n) is 23.7. The summed E-state index contributed by atoms with van der Waals surface area (Å²) in [5.41, 5.74) is 3.18. The lowest BCUT2D eigenvalue weighted by atomic mass is 10.1. The largest absolute Gasteiger partial charge is 0.457 e. The van der Waals surface area contributed by atoms with Gasteiger partial charge in [-0.2, -0.15) is 5.26 Å². The van der Waals surface area contributed by atoms with E-state index in [4.69, 9.17) is 4.74 Å². The molecule has 11 heteroatoms. The van der Waals surface area contributed by atoms with Gasteiger partial charge in [0.15, 0.2) is 0 Å². The number of pyridine rings is 1. The van der Waals surface area contributed by atoms with E-state index in [0.29, 0.717) is 62.3 Å². The van der Waals surface area contributed by atoms with E-state index >= 15 is 0 Å². The van der Waals surface area contributed by atoms with Crippen LogP contribution in [0, 0.1) is 24.2 Å². The number of likely N-dealkylation sites (tertiary alicyclic amines) is 1. The van der Waals surface area contributed by atoms with Crippen molar-refractivity contribution < 1.29 is 19.1 Å². The van der Waals surface area contributed by atoms with Crippen LogP contribution in [-0.4, -0.2) is 46.5 Å². The van der Waals surface area contributed by atoms with Gasteiger partial charge in [0.25, 0.3) is 11.8 Å². The number of aliphatic imine (C=N–C) groups is 1. The van der Waals surface area contributed by atoms with Crippen molar-refractivity contribution in [1.29, 1.82) is 5.26 Å². The molecule has 4 amide bonds. The topological polar surface area (TPSA) is 128 Å². The number of rotatable bonds is 6. The molecule has 2 aliphatic heterocycles. The molecule has 4 aromatic rings. The standard InChI is InChI=1S/C33H26N6O4S/c1-19-15-24(43-23-5-3-2-4-6-23)9-10-25(19)39-26-11-13-35-31-27(26)28(37-33(39)42)29(44-31)32(41)38-14-12-22(18-38)36-30(40)21(17-34)16-20-7-8-20/h2-6,9-11,13,15-16,20H,7-8,12,14,18H2,1H3,(H,37,42)/b21-16+,36-22?. The van der Waals surface area contributed by atoms with Gasteiger partial charge in [-0.25, -0.2) is 14.8 Å². The molecule has 4 heterocycles. The van der Waals surface area contributed by atoms with Crippen LogP contribution >= 0.6 is 11.3 Å². The van der Waals surface area contributed by atoms with E-state index in [2.05, 4.69) is 15.3 Å². The third-order valence-electron chi connectivity index (χ3n) is 7.79. The Hall–Kier alpha value is -5.34. The van der Waals surface area contributed by atoms with Crippen molar-refractivity contribution in [2.75, 3.05) is 23.3 Å². The van der Waals surface area contributed by atoms with Crippen molar-refractivity contribution in [1.82, 2.24) is 9.88 Å². The second kappa shape index (κ2) is 11.1. The first kappa shape index (κ1) is 27.5. The molecule has 1 saturated carbocycles. The Balaban J connectivity index is 1.15. The predicted molar refractivity (Wildman–Crippen MR) is 168 cm³/mol. The van der Waals surface area contributed by atoms with E-state index in [9.17, 15) is 19.6 Å². The molecular weight excluding hydrogens is 576 g/mol. The minimum atomic E-state index is -0.559. The molecule has 3 aliphatic rings. The van der Waals surface area contributed by atoms with Crippen LogP contribution in [0.3, 0.4) is 0 Å². The van der Waals surface area contributed by atoms with Gasteiger partial charge in [-0.15, -0.1) is 11.3 Å². The van der Waals surface area contributed by atoms with E-state index in [1.54, 1.807) is 28.1 Å². The van der Waals surface area contributed by atoms with Crippen molar-refractivity contribution in [3.63, 3.8) is 0 Å². The van der Waals surface area contributed by atoms with Crippen LogP contribution in [0.25, 0.3) is 10.2 Å². The lowest BCUT2D eigenvalue weighted by Crippen LogP contribution is -2.35. The number of anilines is 3. The zero-order chi connectivity index (χ0) is 30.4. The van der Waals surface area contributed by atoms with E-state index < -0.39 is 11.9 Å². The van der Waals surface area contributed by atoms with Gasteiger partial charge in [-0.1, -0.05) is 24.3 Å². The molecule has 7 rings (SSSR count). The summed E-state index contributed by atoms with van der Waals surface area (Å²) in [6.45, 7) is 2.47. The Kier molecular flexibility index (Phi) is 6.91. The smallest absolute Gasteiger partial charge is 0.331 e. The average molecular weight is 603 g/mol. The highest BCUT2D eigenvalue weighted by Crippen LogP contribution is 2.47. The van der Waals surface area contributed by atoms with Gasteiger partial charge in [0, 0.05) is 24.9 Å². The summed E-state index contributed by atoms with van der Waals surface area (Å²) >= 11 is 1.22. The minimum Gasteiger partial charge on any atom is -0.457 e. The maximum atomic E-state index is 13.7. The number of nitriles is 1. The van der Waals surface area contributed by atoms with Crippen LogP contribution in [-0.2, 0) is 4.79 Å². The van der Waals surface area contributed by atoms with Crippen molar-refractivity contribution in [3.8, 4) is 17.6 Å². The van der Waals surface area contributed by atoms with Crippen molar-refractivity contribution >= 4 is 62.2 Å². The van der Waals surface area contributed by atoms with Crippen LogP contribution < -0.4 is 15.0 Å². The van der Waals surface area contributed by atoms with Crippen molar-refractivity contribution in [2.24, 2.45) is 10.9 Å². The summed E-state index contributed by atoms with van der Waals surface area (Å²) in [4.78, 5) is 52.8. The molecule has 1 N–H and O–H groups in total. The molecule has 44 heavy (non-hydrogen) atoms.